The van der Waals surface area contributed by atoms with Crippen LogP contribution < -0.4 is 5.32 Å². The summed E-state index contributed by atoms with van der Waals surface area (Å²) in [5.41, 5.74) is 1.29. The third-order valence-corrected chi connectivity index (χ3v) is 3.61. The molecule has 0 spiro atoms. The zero-order chi connectivity index (χ0) is 14.3. The van der Waals surface area contributed by atoms with Crippen LogP contribution in [0.3, 0.4) is 0 Å². The Morgan fingerprint density at radius 2 is 1.90 bits per heavy atom. The van der Waals surface area contributed by atoms with E-state index in [1.165, 1.54) is 5.56 Å². The number of likely N-dealkylation sites (N-methyl/N-ethyl adjacent to an activating group) is 1. The third kappa shape index (κ3) is 5.51. The maximum absolute atomic E-state index is 12.3. The van der Waals surface area contributed by atoms with E-state index in [2.05, 4.69) is 24.4 Å². The van der Waals surface area contributed by atoms with Gasteiger partial charge in [-0.15, -0.1) is 12.4 Å². The van der Waals surface area contributed by atoms with Crippen LogP contribution in [0.5, 0.6) is 0 Å². The van der Waals surface area contributed by atoms with Crippen molar-refractivity contribution in [3.63, 3.8) is 0 Å². The molecule has 0 radical (unpaired) electrons. The number of hydrogen-bond acceptors (Lipinski definition) is 2. The van der Waals surface area contributed by atoms with E-state index in [9.17, 15) is 4.79 Å². The molecule has 3 nitrogen and oxygen atoms in total. The molecule has 2 atom stereocenters. The number of carbonyl (C=O) groups is 1. The average molecular weight is 299 g/mol. The van der Waals surface area contributed by atoms with E-state index < -0.39 is 0 Å². The van der Waals surface area contributed by atoms with Crippen molar-refractivity contribution in [3.8, 4) is 0 Å². The Morgan fingerprint density at radius 3 is 2.40 bits per heavy atom. The minimum Gasteiger partial charge on any atom is -0.342 e. The summed E-state index contributed by atoms with van der Waals surface area (Å²) in [6.45, 7) is 4.84. The van der Waals surface area contributed by atoms with Gasteiger partial charge in [-0.25, -0.2) is 0 Å². The lowest BCUT2D eigenvalue weighted by molar-refractivity contribution is -0.135. The summed E-state index contributed by atoms with van der Waals surface area (Å²) in [5, 5.41) is 3.06. The van der Waals surface area contributed by atoms with Crippen LogP contribution in [-0.2, 0) is 11.2 Å². The topological polar surface area (TPSA) is 32.3 Å². The van der Waals surface area contributed by atoms with E-state index >= 15 is 0 Å². The molecule has 0 fully saturated rings. The molecule has 0 saturated heterocycles. The lowest BCUT2D eigenvalue weighted by Crippen LogP contribution is -2.43. The minimum atomic E-state index is 0. The van der Waals surface area contributed by atoms with Gasteiger partial charge in [0.25, 0.3) is 0 Å². The van der Waals surface area contributed by atoms with Gasteiger partial charge in [-0.2, -0.15) is 0 Å². The van der Waals surface area contributed by atoms with Gasteiger partial charge in [0.2, 0.25) is 5.91 Å². The second-order valence-electron chi connectivity index (χ2n) is 5.16. The quantitative estimate of drug-likeness (QED) is 0.839. The number of rotatable bonds is 7. The fourth-order valence-corrected chi connectivity index (χ4v) is 2.36. The van der Waals surface area contributed by atoms with Gasteiger partial charge < -0.3 is 10.2 Å². The molecule has 2 unspecified atom stereocenters. The number of hydrogen-bond donors (Lipinski definition) is 1. The van der Waals surface area contributed by atoms with E-state index in [1.807, 2.05) is 44.1 Å². The van der Waals surface area contributed by atoms with Gasteiger partial charge in [-0.1, -0.05) is 44.2 Å². The summed E-state index contributed by atoms with van der Waals surface area (Å²) < 4.78 is 0. The predicted molar refractivity (Wildman–Crippen MR) is 87.3 cm³/mol. The number of amides is 1. The molecule has 20 heavy (non-hydrogen) atoms. The Balaban J connectivity index is 0.00000361. The van der Waals surface area contributed by atoms with E-state index in [0.29, 0.717) is 0 Å². The smallest absolute Gasteiger partial charge is 0.226 e. The molecule has 0 saturated carbocycles. The normalized spacial score (nSPS) is 13.2. The van der Waals surface area contributed by atoms with Crippen LogP contribution in [0.4, 0.5) is 0 Å². The number of nitrogens with zero attached hydrogens (tertiary/aromatic N) is 1. The lowest BCUT2D eigenvalue weighted by Gasteiger charge is -2.30. The maximum atomic E-state index is 12.3. The Morgan fingerprint density at radius 1 is 1.30 bits per heavy atom. The van der Waals surface area contributed by atoms with Gasteiger partial charge in [0.1, 0.15) is 0 Å². The maximum Gasteiger partial charge on any atom is 0.226 e. The highest BCUT2D eigenvalue weighted by Crippen LogP contribution is 2.13. The highest BCUT2D eigenvalue weighted by Gasteiger charge is 2.22. The first-order chi connectivity index (χ1) is 9.10. The van der Waals surface area contributed by atoms with E-state index in [-0.39, 0.29) is 30.3 Å². The molecule has 1 aromatic rings. The molecule has 1 amide bonds. The summed E-state index contributed by atoms with van der Waals surface area (Å²) in [5.74, 6) is 0.247. The number of halogens is 1. The monoisotopic (exact) mass is 298 g/mol. The molecular weight excluding hydrogens is 272 g/mol. The third-order valence-electron chi connectivity index (χ3n) is 3.61. The lowest BCUT2D eigenvalue weighted by atomic mass is 10.0. The van der Waals surface area contributed by atoms with E-state index in [1.54, 1.807) is 0 Å². The van der Waals surface area contributed by atoms with Crippen molar-refractivity contribution in [2.45, 2.75) is 32.7 Å². The van der Waals surface area contributed by atoms with Crippen LogP contribution in [0, 0.1) is 5.92 Å². The van der Waals surface area contributed by atoms with Crippen molar-refractivity contribution in [1.82, 2.24) is 10.2 Å². The fourth-order valence-electron chi connectivity index (χ4n) is 2.36. The Labute approximate surface area is 129 Å². The van der Waals surface area contributed by atoms with Crippen molar-refractivity contribution in [3.05, 3.63) is 35.9 Å². The highest BCUT2D eigenvalue weighted by molar-refractivity contribution is 5.85. The molecule has 1 aromatic carbocycles. The first kappa shape index (κ1) is 18.9. The van der Waals surface area contributed by atoms with Gasteiger partial charge in [0.05, 0.1) is 0 Å². The van der Waals surface area contributed by atoms with E-state index in [0.717, 1.165) is 19.4 Å². The molecule has 0 aliphatic carbocycles. The van der Waals surface area contributed by atoms with Gasteiger partial charge >= 0.3 is 0 Å². The standard InChI is InChI=1S/C16H26N2O.ClH/c1-5-15(11-14-9-7-6-8-10-14)18(4)16(19)13(2)12-17-3;/h6-10,13,15,17H,5,11-12H2,1-4H3;1H. The molecule has 0 heterocycles. The van der Waals surface area contributed by atoms with Gasteiger partial charge in [0, 0.05) is 25.6 Å². The van der Waals surface area contributed by atoms with Crippen LogP contribution in [0.2, 0.25) is 0 Å². The molecule has 0 aliphatic rings. The number of nitrogens with one attached hydrogen (secondary N) is 1. The van der Waals surface area contributed by atoms with Crippen molar-refractivity contribution in [1.29, 1.82) is 0 Å². The largest absolute Gasteiger partial charge is 0.342 e. The van der Waals surface area contributed by atoms with Crippen molar-refractivity contribution in [2.24, 2.45) is 5.92 Å². The van der Waals surface area contributed by atoms with Gasteiger partial charge in [0.15, 0.2) is 0 Å². The first-order valence-electron chi connectivity index (χ1n) is 7.05. The van der Waals surface area contributed by atoms with Crippen molar-refractivity contribution >= 4 is 18.3 Å². The zero-order valence-corrected chi connectivity index (χ0v) is 13.7. The fraction of sp³-hybridized carbons (Fsp3) is 0.562. The van der Waals surface area contributed by atoms with E-state index in [4.69, 9.17) is 0 Å². The van der Waals surface area contributed by atoms with Crippen LogP contribution in [0.1, 0.15) is 25.8 Å². The van der Waals surface area contributed by atoms with Crippen LogP contribution in [0.25, 0.3) is 0 Å². The molecular formula is C16H27ClN2O. The molecule has 0 aromatic heterocycles. The van der Waals surface area contributed by atoms with Crippen molar-refractivity contribution < 1.29 is 4.79 Å². The second kappa shape index (κ2) is 9.78. The van der Waals surface area contributed by atoms with Crippen molar-refractivity contribution in [2.75, 3.05) is 20.6 Å². The summed E-state index contributed by atoms with van der Waals surface area (Å²) in [4.78, 5) is 14.2. The second-order valence-corrected chi connectivity index (χ2v) is 5.16. The molecule has 114 valence electrons. The predicted octanol–water partition coefficient (Wildman–Crippen LogP) is 2.74. The minimum absolute atomic E-state index is 0. The molecule has 4 heteroatoms. The molecule has 0 aliphatic heterocycles. The molecule has 0 bridgehead atoms. The summed E-state index contributed by atoms with van der Waals surface area (Å²) in [6.07, 6.45) is 1.90. The summed E-state index contributed by atoms with van der Waals surface area (Å²) >= 11 is 0. The molecule has 1 rings (SSSR count). The highest BCUT2D eigenvalue weighted by atomic mass is 35.5. The summed E-state index contributed by atoms with van der Waals surface area (Å²) in [7, 11) is 3.80. The van der Waals surface area contributed by atoms with Crippen LogP contribution >= 0.6 is 12.4 Å². The Bertz CT molecular complexity index is 383. The van der Waals surface area contributed by atoms with Gasteiger partial charge in [-0.3, -0.25) is 4.79 Å². The number of benzene rings is 1. The van der Waals surface area contributed by atoms with Crippen LogP contribution in [0.15, 0.2) is 30.3 Å². The summed E-state index contributed by atoms with van der Waals surface area (Å²) in [6, 6.07) is 10.6. The first-order valence-corrected chi connectivity index (χ1v) is 7.05. The van der Waals surface area contributed by atoms with Gasteiger partial charge in [-0.05, 0) is 25.5 Å². The molecule has 1 N–H and O–H groups in total. The Hall–Kier alpha value is -1.06. The zero-order valence-electron chi connectivity index (χ0n) is 12.9. The SMILES string of the molecule is CCC(Cc1ccccc1)N(C)C(=O)C(C)CNC.Cl. The number of carbonyl (C=O) groups excluding carboxylic acids is 1. The average Bonchev–Trinajstić information content (AvgIpc) is 2.44. The Kier molecular flexibility index (Phi) is 9.26. The van der Waals surface area contributed by atoms with Crippen LogP contribution in [-0.4, -0.2) is 37.5 Å².